The predicted molar refractivity (Wildman–Crippen MR) is 56.3 cm³/mol. The zero-order chi connectivity index (χ0) is 12.5. The fourth-order valence-corrected chi connectivity index (χ4v) is 2.00. The van der Waals surface area contributed by atoms with Gasteiger partial charge in [-0.15, -0.1) is 0 Å². The van der Waals surface area contributed by atoms with Crippen LogP contribution in [0.2, 0.25) is 0 Å². The molecule has 1 aromatic rings. The highest BCUT2D eigenvalue weighted by Gasteiger charge is 2.27. The third kappa shape index (κ3) is 3.15. The molecule has 0 radical (unpaired) electrons. The first-order chi connectivity index (χ1) is 7.96. The van der Waals surface area contributed by atoms with E-state index in [1.807, 2.05) is 0 Å². The van der Waals surface area contributed by atoms with Gasteiger partial charge in [-0.1, -0.05) is 0 Å². The fraction of sp³-hybridized carbons (Fsp3) is 0.636. The molecule has 2 N–H and O–H groups in total. The third-order valence-corrected chi connectivity index (χ3v) is 2.91. The first kappa shape index (κ1) is 12.3. The first-order valence-corrected chi connectivity index (χ1v) is 5.63. The Bertz CT molecular complexity index is 403. The summed E-state index contributed by atoms with van der Waals surface area (Å²) in [5.74, 6) is 0.259. The molecule has 1 aromatic heterocycles. The lowest BCUT2D eigenvalue weighted by Gasteiger charge is -2.21. The summed E-state index contributed by atoms with van der Waals surface area (Å²) in [5, 5.41) is 0. The van der Waals surface area contributed by atoms with Crippen LogP contribution in [0.25, 0.3) is 0 Å². The largest absolute Gasteiger partial charge is 0.389 e. The summed E-state index contributed by atoms with van der Waals surface area (Å²) in [6.45, 7) is 0. The van der Waals surface area contributed by atoms with Gasteiger partial charge >= 0.3 is 6.18 Å². The Morgan fingerprint density at radius 1 is 1.41 bits per heavy atom. The molecular weight excluding hydrogens is 231 g/mol. The van der Waals surface area contributed by atoms with Crippen molar-refractivity contribution in [3.05, 3.63) is 23.3 Å². The number of nitrogens with two attached hydrogens (primary N) is 1. The van der Waals surface area contributed by atoms with Gasteiger partial charge in [-0.25, -0.2) is 9.97 Å². The summed E-state index contributed by atoms with van der Waals surface area (Å²) < 4.78 is 36.2. The number of rotatable bonds is 2. The molecule has 3 nitrogen and oxygen atoms in total. The minimum atomic E-state index is -4.16. The molecule has 94 valence electrons. The molecular formula is C11H14F3N3. The van der Waals surface area contributed by atoms with Crippen LogP contribution in [0.15, 0.2) is 6.20 Å². The van der Waals surface area contributed by atoms with Crippen molar-refractivity contribution in [3.8, 4) is 0 Å². The lowest BCUT2D eigenvalue weighted by molar-refractivity contribution is -0.134. The molecule has 0 aromatic carbocycles. The third-order valence-electron chi connectivity index (χ3n) is 2.91. The van der Waals surface area contributed by atoms with Crippen molar-refractivity contribution in [3.63, 3.8) is 0 Å². The van der Waals surface area contributed by atoms with E-state index in [1.54, 1.807) is 6.20 Å². The standard InChI is InChI=1S/C11H14F3N3/c12-11(13,14)5-4-10-16-6-7-8(15)2-1-3-9(7)17-10/h6,8H,1-5,15H2. The first-order valence-electron chi connectivity index (χ1n) is 5.63. The molecule has 2 rings (SSSR count). The Hall–Kier alpha value is -1.17. The molecule has 1 aliphatic rings. The second-order valence-corrected chi connectivity index (χ2v) is 4.30. The zero-order valence-electron chi connectivity index (χ0n) is 9.30. The van der Waals surface area contributed by atoms with Gasteiger partial charge in [-0.2, -0.15) is 13.2 Å². The molecule has 0 spiro atoms. The molecule has 0 saturated carbocycles. The summed E-state index contributed by atoms with van der Waals surface area (Å²) in [6, 6.07) is -0.0737. The van der Waals surface area contributed by atoms with Crippen molar-refractivity contribution in [2.75, 3.05) is 0 Å². The average Bonchev–Trinajstić information content (AvgIpc) is 2.26. The van der Waals surface area contributed by atoms with Crippen LogP contribution in [-0.2, 0) is 12.8 Å². The molecule has 17 heavy (non-hydrogen) atoms. The van der Waals surface area contributed by atoms with E-state index in [4.69, 9.17) is 5.73 Å². The van der Waals surface area contributed by atoms with Gasteiger partial charge in [0, 0.05) is 29.9 Å². The number of hydrogen-bond donors (Lipinski definition) is 1. The molecule has 6 heteroatoms. The highest BCUT2D eigenvalue weighted by atomic mass is 19.4. The van der Waals surface area contributed by atoms with Crippen LogP contribution in [0.4, 0.5) is 13.2 Å². The molecule has 0 amide bonds. The van der Waals surface area contributed by atoms with E-state index in [0.29, 0.717) is 0 Å². The van der Waals surface area contributed by atoms with Crippen molar-refractivity contribution in [1.29, 1.82) is 0 Å². The second kappa shape index (κ2) is 4.60. The molecule has 0 bridgehead atoms. The van der Waals surface area contributed by atoms with Gasteiger partial charge in [0.25, 0.3) is 0 Å². The highest BCUT2D eigenvalue weighted by Crippen LogP contribution is 2.26. The molecule has 1 heterocycles. The number of aryl methyl sites for hydroxylation is 2. The van der Waals surface area contributed by atoms with Crippen LogP contribution < -0.4 is 5.73 Å². The van der Waals surface area contributed by atoms with Crippen LogP contribution in [0.1, 0.15) is 42.4 Å². The zero-order valence-corrected chi connectivity index (χ0v) is 9.30. The number of aromatic nitrogens is 2. The van der Waals surface area contributed by atoms with Crippen LogP contribution in [0.3, 0.4) is 0 Å². The number of halogens is 3. The van der Waals surface area contributed by atoms with Gasteiger partial charge in [-0.05, 0) is 19.3 Å². The fourth-order valence-electron chi connectivity index (χ4n) is 2.00. The van der Waals surface area contributed by atoms with Gasteiger partial charge < -0.3 is 5.73 Å². The van der Waals surface area contributed by atoms with E-state index in [9.17, 15) is 13.2 Å². The van der Waals surface area contributed by atoms with Crippen LogP contribution in [0.5, 0.6) is 0 Å². The molecule has 0 fully saturated rings. The van der Waals surface area contributed by atoms with E-state index in [-0.39, 0.29) is 18.3 Å². The maximum absolute atomic E-state index is 12.1. The lowest BCUT2D eigenvalue weighted by atomic mass is 9.93. The summed E-state index contributed by atoms with van der Waals surface area (Å²) >= 11 is 0. The topological polar surface area (TPSA) is 51.8 Å². The monoisotopic (exact) mass is 245 g/mol. The second-order valence-electron chi connectivity index (χ2n) is 4.30. The SMILES string of the molecule is NC1CCCc2nc(CCC(F)(F)F)ncc21. The van der Waals surface area contributed by atoms with Crippen LogP contribution >= 0.6 is 0 Å². The Morgan fingerprint density at radius 2 is 2.18 bits per heavy atom. The predicted octanol–water partition coefficient (Wildman–Crippen LogP) is 2.31. The summed E-state index contributed by atoms with van der Waals surface area (Å²) in [6.07, 6.45) is -1.01. The molecule has 1 atom stereocenters. The number of fused-ring (bicyclic) bond motifs is 1. The van der Waals surface area contributed by atoms with Crippen LogP contribution in [-0.4, -0.2) is 16.1 Å². The number of alkyl halides is 3. The Kier molecular flexibility index (Phi) is 3.33. The van der Waals surface area contributed by atoms with Crippen molar-refractivity contribution < 1.29 is 13.2 Å². The molecule has 0 aliphatic heterocycles. The number of nitrogens with zero attached hydrogens (tertiary/aromatic N) is 2. The summed E-state index contributed by atoms with van der Waals surface area (Å²) in [5.41, 5.74) is 7.58. The quantitative estimate of drug-likeness (QED) is 0.869. The minimum absolute atomic E-state index is 0.0737. The Balaban J connectivity index is 2.11. The van der Waals surface area contributed by atoms with Crippen molar-refractivity contribution >= 4 is 0 Å². The smallest absolute Gasteiger partial charge is 0.324 e. The number of hydrogen-bond acceptors (Lipinski definition) is 3. The lowest BCUT2D eigenvalue weighted by Crippen LogP contribution is -2.20. The van der Waals surface area contributed by atoms with Gasteiger partial charge in [0.1, 0.15) is 5.82 Å². The maximum Gasteiger partial charge on any atom is 0.389 e. The molecule has 1 aliphatic carbocycles. The normalized spacial score (nSPS) is 20.1. The minimum Gasteiger partial charge on any atom is -0.324 e. The molecule has 0 saturated heterocycles. The van der Waals surface area contributed by atoms with Crippen LogP contribution in [0, 0.1) is 0 Å². The van der Waals surface area contributed by atoms with E-state index in [1.165, 1.54) is 0 Å². The van der Waals surface area contributed by atoms with Crippen molar-refractivity contribution in [1.82, 2.24) is 9.97 Å². The summed E-state index contributed by atoms with van der Waals surface area (Å²) in [4.78, 5) is 8.13. The van der Waals surface area contributed by atoms with E-state index < -0.39 is 12.6 Å². The summed E-state index contributed by atoms with van der Waals surface area (Å²) in [7, 11) is 0. The Morgan fingerprint density at radius 3 is 2.88 bits per heavy atom. The van der Waals surface area contributed by atoms with E-state index >= 15 is 0 Å². The highest BCUT2D eigenvalue weighted by molar-refractivity contribution is 5.24. The Labute approximate surface area is 97.3 Å². The van der Waals surface area contributed by atoms with Gasteiger partial charge in [0.15, 0.2) is 0 Å². The van der Waals surface area contributed by atoms with Gasteiger partial charge in [-0.3, -0.25) is 0 Å². The maximum atomic E-state index is 12.1. The van der Waals surface area contributed by atoms with E-state index in [0.717, 1.165) is 30.5 Å². The molecule has 1 unspecified atom stereocenters. The van der Waals surface area contributed by atoms with Crippen molar-refractivity contribution in [2.45, 2.75) is 44.3 Å². The average molecular weight is 245 g/mol. The van der Waals surface area contributed by atoms with Gasteiger partial charge in [0.05, 0.1) is 6.42 Å². The van der Waals surface area contributed by atoms with Gasteiger partial charge in [0.2, 0.25) is 0 Å². The van der Waals surface area contributed by atoms with Crippen molar-refractivity contribution in [2.24, 2.45) is 5.73 Å². The van der Waals surface area contributed by atoms with E-state index in [2.05, 4.69) is 9.97 Å².